The molecule has 0 spiro atoms. The Balaban J connectivity index is 0.000000115. The zero-order valence-corrected chi connectivity index (χ0v) is 56.1. The number of halogens is 1. The van der Waals surface area contributed by atoms with E-state index in [1.807, 2.05) is 36.4 Å². The van der Waals surface area contributed by atoms with Crippen LogP contribution < -0.4 is 0 Å². The maximum atomic E-state index is 6.24. The Morgan fingerprint density at radius 1 is 0.243 bits per heavy atom. The topological polar surface area (TPSA) is 92.0 Å². The van der Waals surface area contributed by atoms with E-state index in [-0.39, 0.29) is 5.28 Å². The highest BCUT2D eigenvalue weighted by Crippen LogP contribution is 2.41. The van der Waals surface area contributed by atoms with Crippen LogP contribution in [-0.4, -0.2) is 47.8 Å². The molecule has 0 aliphatic carbocycles. The largest absolute Gasteiger partial charge is 0.354 e. The molecule has 103 heavy (non-hydrogen) atoms. The van der Waals surface area contributed by atoms with E-state index in [0.717, 1.165) is 83.3 Å². The summed E-state index contributed by atoms with van der Waals surface area (Å²) in [6.45, 7) is 0. The number of aromatic amines is 1. The SMILES string of the molecule is Clc1nc(-c2ccc3c(c2)c2ccccc2n3-c2ccccc2)c2ccccc2n1.c1ccc(-n2ccc3cc4[nH]c5ccccc5c4cc32)cc1.c1ccc(-n2ccc3cc4c(cc32)c2ccccc2n4-c2nc(-c3ccc4c(c3)c3ccccc3n4-c3ccccc3)c3ccccc3n2)cc1. The second-order valence-electron chi connectivity index (χ2n) is 26.0. The van der Waals surface area contributed by atoms with Crippen LogP contribution in [0.1, 0.15) is 0 Å². The third kappa shape index (κ3) is 10.0. The fraction of sp³-hybridized carbons (Fsp3) is 0. The molecule has 1 N–H and O–H groups in total. The van der Waals surface area contributed by atoms with Gasteiger partial charge in [0.1, 0.15) is 0 Å². The number of benzene rings is 14. The molecule has 0 saturated heterocycles. The highest BCUT2D eigenvalue weighted by atomic mass is 35.5. The van der Waals surface area contributed by atoms with Gasteiger partial charge in [-0.1, -0.05) is 194 Å². The van der Waals surface area contributed by atoms with Crippen LogP contribution in [0.4, 0.5) is 0 Å². The van der Waals surface area contributed by atoms with Crippen LogP contribution in [-0.2, 0) is 0 Å². The fourth-order valence-corrected chi connectivity index (χ4v) is 15.7. The Labute approximate surface area is 595 Å². The van der Waals surface area contributed by atoms with Gasteiger partial charge in [-0.2, -0.15) is 0 Å². The summed E-state index contributed by atoms with van der Waals surface area (Å²) < 4.78 is 11.4. The summed E-state index contributed by atoms with van der Waals surface area (Å²) in [6.07, 6.45) is 4.29. The third-order valence-corrected chi connectivity index (χ3v) is 20.3. The molecule has 0 atom stereocenters. The zero-order valence-electron chi connectivity index (χ0n) is 55.4. The summed E-state index contributed by atoms with van der Waals surface area (Å²) >= 11 is 6.24. The summed E-state index contributed by atoms with van der Waals surface area (Å²) in [4.78, 5) is 23.1. The molecule has 0 bridgehead atoms. The molecule has 0 saturated carbocycles. The molecule has 8 heterocycles. The number of aromatic nitrogens is 10. The van der Waals surface area contributed by atoms with E-state index in [0.29, 0.717) is 5.95 Å². The normalized spacial score (nSPS) is 11.7. The van der Waals surface area contributed by atoms with Crippen LogP contribution in [0.15, 0.2) is 352 Å². The van der Waals surface area contributed by atoms with E-state index in [4.69, 9.17) is 21.6 Å². The highest BCUT2D eigenvalue weighted by molar-refractivity contribution is 6.29. The van der Waals surface area contributed by atoms with Gasteiger partial charge in [-0.25, -0.2) is 19.9 Å². The predicted molar refractivity (Wildman–Crippen MR) is 427 cm³/mol. The van der Waals surface area contributed by atoms with Crippen LogP contribution in [0.5, 0.6) is 0 Å². The minimum absolute atomic E-state index is 0.260. The van der Waals surface area contributed by atoms with E-state index >= 15 is 0 Å². The first kappa shape index (κ1) is 59.4. The van der Waals surface area contributed by atoms with Crippen LogP contribution >= 0.6 is 11.6 Å². The molecule has 22 aromatic rings. The smallest absolute Gasteiger partial charge is 0.235 e. The van der Waals surface area contributed by atoms with Crippen molar-refractivity contribution in [2.24, 2.45) is 0 Å². The van der Waals surface area contributed by atoms with Crippen molar-refractivity contribution in [1.82, 2.24) is 47.8 Å². The average molecular weight is 1340 g/mol. The number of para-hydroxylation sites is 10. The maximum Gasteiger partial charge on any atom is 0.235 e. The molecule has 11 heteroatoms. The number of nitrogens with one attached hydrogen (secondary N) is 1. The maximum absolute atomic E-state index is 6.24. The number of hydrogen-bond donors (Lipinski definition) is 1. The molecule has 8 aromatic heterocycles. The van der Waals surface area contributed by atoms with E-state index in [2.05, 4.69) is 353 Å². The van der Waals surface area contributed by atoms with Crippen molar-refractivity contribution in [2.45, 2.75) is 0 Å². The van der Waals surface area contributed by atoms with Gasteiger partial charge in [0.25, 0.3) is 0 Å². The summed E-state index contributed by atoms with van der Waals surface area (Å²) in [5.41, 5.74) is 21.9. The molecular weight excluding hydrogens is 1280 g/mol. The molecule has 484 valence electrons. The molecule has 0 aliphatic rings. The zero-order chi connectivity index (χ0) is 68.1. The summed E-state index contributed by atoms with van der Waals surface area (Å²) in [7, 11) is 0. The Morgan fingerprint density at radius 3 is 1.17 bits per heavy atom. The van der Waals surface area contributed by atoms with Crippen molar-refractivity contribution < 1.29 is 0 Å². The van der Waals surface area contributed by atoms with E-state index in [1.165, 1.54) is 92.8 Å². The van der Waals surface area contributed by atoms with Crippen LogP contribution in [0.2, 0.25) is 5.28 Å². The van der Waals surface area contributed by atoms with Crippen molar-refractivity contribution in [2.75, 3.05) is 0 Å². The number of rotatable bonds is 7. The molecule has 22 rings (SSSR count). The molecule has 0 amide bonds. The summed E-state index contributed by atoms with van der Waals surface area (Å²) in [5.74, 6) is 0.656. The van der Waals surface area contributed by atoms with E-state index < -0.39 is 0 Å². The van der Waals surface area contributed by atoms with Crippen molar-refractivity contribution >= 4 is 142 Å². The first-order chi connectivity index (χ1) is 51.0. The van der Waals surface area contributed by atoms with Gasteiger partial charge in [0, 0.05) is 122 Å². The summed E-state index contributed by atoms with van der Waals surface area (Å²) in [5, 5.41) is 14.4. The van der Waals surface area contributed by atoms with Crippen molar-refractivity contribution in [3.8, 4) is 51.2 Å². The number of fused-ring (bicyclic) bond motifs is 16. The first-order valence-corrected chi connectivity index (χ1v) is 34.9. The molecular formula is C92H59ClN10. The van der Waals surface area contributed by atoms with Gasteiger partial charge in [0.2, 0.25) is 11.2 Å². The van der Waals surface area contributed by atoms with Crippen molar-refractivity contribution in [1.29, 1.82) is 0 Å². The van der Waals surface area contributed by atoms with Crippen LogP contribution in [0, 0.1) is 0 Å². The fourth-order valence-electron chi connectivity index (χ4n) is 15.5. The molecule has 10 nitrogen and oxygen atoms in total. The molecule has 0 fully saturated rings. The number of H-pyrrole nitrogens is 1. The lowest BCUT2D eigenvalue weighted by Gasteiger charge is -2.12. The van der Waals surface area contributed by atoms with Crippen molar-refractivity contribution in [3.05, 3.63) is 357 Å². The molecule has 14 aromatic carbocycles. The Bertz CT molecular complexity index is 7060. The monoisotopic (exact) mass is 1340 g/mol. The summed E-state index contributed by atoms with van der Waals surface area (Å²) in [6, 6.07) is 119. The van der Waals surface area contributed by atoms with Gasteiger partial charge in [0.05, 0.1) is 66.6 Å². The van der Waals surface area contributed by atoms with E-state index in [9.17, 15) is 0 Å². The van der Waals surface area contributed by atoms with Crippen LogP contribution in [0.3, 0.4) is 0 Å². The average Bonchev–Trinajstić information content (AvgIpc) is 1.61. The molecule has 0 unspecified atom stereocenters. The van der Waals surface area contributed by atoms with Gasteiger partial charge in [-0.3, -0.25) is 4.57 Å². The van der Waals surface area contributed by atoms with Gasteiger partial charge < -0.3 is 23.3 Å². The van der Waals surface area contributed by atoms with Crippen molar-refractivity contribution in [3.63, 3.8) is 0 Å². The predicted octanol–water partition coefficient (Wildman–Crippen LogP) is 23.7. The number of hydrogen-bond acceptors (Lipinski definition) is 4. The molecule has 0 radical (unpaired) electrons. The lowest BCUT2D eigenvalue weighted by molar-refractivity contribution is 1.01. The standard InChI is InChI=1S/C46H29N5.C26H16ClN3.C20H14N2/c1-3-13-32(14-4-1)49-26-25-30-28-44-38(29-43(30)49)35-18-9-12-22-41(35)51(44)46-47-39-20-10-7-19-36(39)45(48-46)31-23-24-42-37(27-31)34-17-8-11-21-40(34)50(42)33-15-5-2-6-16-33;27-26-28-22-12-6-4-11-20(22)25(29-26)17-14-15-24-21(16-17)19-10-5-7-13-23(19)30(24)18-8-2-1-3-9-18;1-2-6-15(7-3-1)22-11-10-14-12-19-17(13-20(14)22)16-8-4-5-9-18(16)21-19/h1-29H;1-16H;1-13,21H. The molecule has 0 aliphatic heterocycles. The van der Waals surface area contributed by atoms with E-state index in [1.54, 1.807) is 0 Å². The van der Waals surface area contributed by atoms with Gasteiger partial charge in [0.15, 0.2) is 0 Å². The third-order valence-electron chi connectivity index (χ3n) is 20.2. The lowest BCUT2D eigenvalue weighted by Crippen LogP contribution is -2.03. The van der Waals surface area contributed by atoms with Gasteiger partial charge in [-0.05, 0) is 157 Å². The second kappa shape index (κ2) is 24.3. The van der Waals surface area contributed by atoms with Crippen LogP contribution in [0.25, 0.3) is 182 Å². The minimum Gasteiger partial charge on any atom is -0.354 e. The second-order valence-corrected chi connectivity index (χ2v) is 26.4. The highest BCUT2D eigenvalue weighted by Gasteiger charge is 2.22. The Hall–Kier alpha value is -13.7. The quantitative estimate of drug-likeness (QED) is 0.161. The van der Waals surface area contributed by atoms with Gasteiger partial charge in [-0.15, -0.1) is 0 Å². The number of nitrogens with zero attached hydrogens (tertiary/aromatic N) is 9. The first-order valence-electron chi connectivity index (χ1n) is 34.5. The Morgan fingerprint density at radius 2 is 0.641 bits per heavy atom. The Kier molecular flexibility index (Phi) is 14.0. The van der Waals surface area contributed by atoms with Gasteiger partial charge >= 0.3 is 0 Å². The lowest BCUT2D eigenvalue weighted by atomic mass is 10.0. The minimum atomic E-state index is 0.260.